The number of hydrogen-bond acceptors (Lipinski definition) is 6. The van der Waals surface area contributed by atoms with E-state index in [0.717, 1.165) is 20.3 Å². The van der Waals surface area contributed by atoms with Crippen molar-refractivity contribution in [2.45, 2.75) is 4.90 Å². The summed E-state index contributed by atoms with van der Waals surface area (Å²) in [6.45, 7) is 0. The summed E-state index contributed by atoms with van der Waals surface area (Å²) in [5.74, 6) is -1.98. The Kier molecular flexibility index (Phi) is 6.25. The van der Waals surface area contributed by atoms with Crippen LogP contribution in [0.1, 0.15) is 22.1 Å². The predicted molar refractivity (Wildman–Crippen MR) is 60.0 cm³/mol. The fraction of sp³-hybridized carbons (Fsp3) is 0.200. The minimum absolute atomic E-state index is 0. The SMILES string of the molecule is COC(=O)c1cccc(S(=O)(=O)O)c1C(=O)OC.[H-].[Li+]. The third kappa shape index (κ3) is 3.81. The minimum atomic E-state index is -4.66. The fourth-order valence-electron chi connectivity index (χ4n) is 1.34. The van der Waals surface area contributed by atoms with Crippen molar-refractivity contribution < 1.29 is 52.3 Å². The van der Waals surface area contributed by atoms with E-state index in [4.69, 9.17) is 4.55 Å². The summed E-state index contributed by atoms with van der Waals surface area (Å²) >= 11 is 0. The third-order valence-corrected chi connectivity index (χ3v) is 2.99. The van der Waals surface area contributed by atoms with Gasteiger partial charge in [-0.15, -0.1) is 0 Å². The Balaban J connectivity index is 0. The molecule has 0 aliphatic rings. The topological polar surface area (TPSA) is 107 Å². The maximum absolute atomic E-state index is 11.5. The summed E-state index contributed by atoms with van der Waals surface area (Å²) in [6, 6.07) is 3.36. The molecule has 0 saturated heterocycles. The van der Waals surface area contributed by atoms with Crippen molar-refractivity contribution in [2.75, 3.05) is 14.2 Å². The Bertz CT molecular complexity index is 600. The van der Waals surface area contributed by atoms with Crippen LogP contribution in [-0.2, 0) is 19.6 Å². The van der Waals surface area contributed by atoms with Gasteiger partial charge in [-0.25, -0.2) is 9.59 Å². The number of methoxy groups -OCH3 is 2. The minimum Gasteiger partial charge on any atom is -1.00 e. The molecule has 1 aromatic carbocycles. The Hall–Kier alpha value is -1.33. The number of carbonyl (C=O) groups is 2. The average molecular weight is 282 g/mol. The zero-order valence-electron chi connectivity index (χ0n) is 11.5. The van der Waals surface area contributed by atoms with Gasteiger partial charge in [0.1, 0.15) is 4.90 Å². The molecule has 0 radical (unpaired) electrons. The van der Waals surface area contributed by atoms with Crippen molar-refractivity contribution in [1.82, 2.24) is 0 Å². The fourth-order valence-corrected chi connectivity index (χ4v) is 2.04. The van der Waals surface area contributed by atoms with Gasteiger partial charge in [-0.05, 0) is 12.1 Å². The molecule has 0 atom stereocenters. The molecule has 0 aliphatic heterocycles. The van der Waals surface area contributed by atoms with E-state index in [1.165, 1.54) is 12.1 Å². The zero-order chi connectivity index (χ0) is 13.9. The summed E-state index contributed by atoms with van der Waals surface area (Å²) in [5.41, 5.74) is -0.867. The molecule has 0 aromatic heterocycles. The monoisotopic (exact) mass is 282 g/mol. The van der Waals surface area contributed by atoms with Crippen molar-refractivity contribution in [3.63, 3.8) is 0 Å². The number of benzene rings is 1. The van der Waals surface area contributed by atoms with Crippen molar-refractivity contribution in [3.8, 4) is 0 Å². The van der Waals surface area contributed by atoms with Crippen molar-refractivity contribution in [1.29, 1.82) is 0 Å². The molecule has 1 aromatic rings. The Morgan fingerprint density at radius 3 is 2.11 bits per heavy atom. The van der Waals surface area contributed by atoms with E-state index >= 15 is 0 Å². The normalized spacial score (nSPS) is 10.3. The van der Waals surface area contributed by atoms with Gasteiger partial charge in [0.05, 0.1) is 25.3 Å². The second-order valence-electron chi connectivity index (χ2n) is 3.14. The van der Waals surface area contributed by atoms with Gasteiger partial charge >= 0.3 is 30.8 Å². The van der Waals surface area contributed by atoms with Gasteiger partial charge in [-0.1, -0.05) is 6.07 Å². The molecule has 0 aliphatic carbocycles. The molecule has 0 spiro atoms. The van der Waals surface area contributed by atoms with Crippen LogP contribution in [0, 0.1) is 0 Å². The second kappa shape index (κ2) is 6.72. The first-order chi connectivity index (χ1) is 8.32. The maximum atomic E-state index is 11.5. The van der Waals surface area contributed by atoms with E-state index in [1.54, 1.807) is 0 Å². The van der Waals surface area contributed by atoms with Gasteiger partial charge in [0.2, 0.25) is 0 Å². The number of ether oxygens (including phenoxy) is 2. The van der Waals surface area contributed by atoms with Crippen LogP contribution in [0.25, 0.3) is 0 Å². The largest absolute Gasteiger partial charge is 1.00 e. The quantitative estimate of drug-likeness (QED) is 0.375. The van der Waals surface area contributed by atoms with Crippen LogP contribution in [-0.4, -0.2) is 39.1 Å². The third-order valence-electron chi connectivity index (χ3n) is 2.10. The smallest absolute Gasteiger partial charge is 1.00 e. The van der Waals surface area contributed by atoms with Crippen molar-refractivity contribution >= 4 is 22.1 Å². The van der Waals surface area contributed by atoms with Gasteiger partial charge in [-0.2, -0.15) is 8.42 Å². The van der Waals surface area contributed by atoms with Crippen LogP contribution in [0.5, 0.6) is 0 Å². The van der Waals surface area contributed by atoms with E-state index in [2.05, 4.69) is 9.47 Å². The molecule has 0 bridgehead atoms. The van der Waals surface area contributed by atoms with Gasteiger partial charge < -0.3 is 10.9 Å². The van der Waals surface area contributed by atoms with E-state index in [9.17, 15) is 18.0 Å². The van der Waals surface area contributed by atoms with Crippen LogP contribution in [0.4, 0.5) is 0 Å². The standard InChI is InChI=1S/C10H10O7S.Li.H/c1-16-9(11)6-4-3-5-7(18(13,14)15)8(6)10(12)17-2;;/h3-5H,1-2H3,(H,13,14,15);;/q;+1;-1. The Morgan fingerprint density at radius 2 is 1.68 bits per heavy atom. The molecule has 1 N–H and O–H groups in total. The molecular formula is C10H11LiO7S. The summed E-state index contributed by atoms with van der Waals surface area (Å²) in [5, 5.41) is 0. The first-order valence-corrected chi connectivity index (χ1v) is 6.04. The van der Waals surface area contributed by atoms with Crippen LogP contribution >= 0.6 is 0 Å². The molecule has 100 valence electrons. The van der Waals surface area contributed by atoms with Crippen molar-refractivity contribution in [2.24, 2.45) is 0 Å². The van der Waals surface area contributed by atoms with Crippen molar-refractivity contribution in [3.05, 3.63) is 29.3 Å². The second-order valence-corrected chi connectivity index (χ2v) is 4.53. The number of carbonyl (C=O) groups excluding carboxylic acids is 2. The molecular weight excluding hydrogens is 271 g/mol. The zero-order valence-corrected chi connectivity index (χ0v) is 11.4. The van der Waals surface area contributed by atoms with Gasteiger partial charge in [0, 0.05) is 0 Å². The van der Waals surface area contributed by atoms with E-state index < -0.39 is 32.5 Å². The number of hydrogen-bond donors (Lipinski definition) is 1. The van der Waals surface area contributed by atoms with Crippen LogP contribution in [0.15, 0.2) is 23.1 Å². The molecule has 19 heavy (non-hydrogen) atoms. The summed E-state index contributed by atoms with van der Waals surface area (Å²) in [4.78, 5) is 22.2. The Labute approximate surface area is 123 Å². The maximum Gasteiger partial charge on any atom is 1.00 e. The summed E-state index contributed by atoms with van der Waals surface area (Å²) in [6.07, 6.45) is 0. The first-order valence-electron chi connectivity index (χ1n) is 4.60. The number of rotatable bonds is 3. The van der Waals surface area contributed by atoms with E-state index in [0.29, 0.717) is 0 Å². The van der Waals surface area contributed by atoms with Gasteiger partial charge in [0.25, 0.3) is 10.1 Å². The first kappa shape index (κ1) is 17.7. The molecule has 9 heteroatoms. The molecule has 1 rings (SSSR count). The van der Waals surface area contributed by atoms with E-state index in [1.807, 2.05) is 0 Å². The number of esters is 2. The summed E-state index contributed by atoms with van der Waals surface area (Å²) < 4.78 is 40.1. The molecule has 0 saturated carbocycles. The summed E-state index contributed by atoms with van der Waals surface area (Å²) in [7, 11) is -2.57. The van der Waals surface area contributed by atoms with Gasteiger partial charge in [0.15, 0.2) is 0 Å². The molecule has 0 fully saturated rings. The van der Waals surface area contributed by atoms with Crippen LogP contribution < -0.4 is 18.9 Å². The molecule has 0 unspecified atom stereocenters. The van der Waals surface area contributed by atoms with Gasteiger partial charge in [-0.3, -0.25) is 4.55 Å². The van der Waals surface area contributed by atoms with Crippen LogP contribution in [0.3, 0.4) is 0 Å². The average Bonchev–Trinajstić information content (AvgIpc) is 2.34. The molecule has 0 heterocycles. The Morgan fingerprint density at radius 1 is 1.16 bits per heavy atom. The van der Waals surface area contributed by atoms with E-state index in [-0.39, 0.29) is 25.9 Å². The van der Waals surface area contributed by atoms with Crippen LogP contribution in [0.2, 0.25) is 0 Å². The molecule has 7 nitrogen and oxygen atoms in total. The molecule has 0 amide bonds. The predicted octanol–water partition coefficient (Wildman–Crippen LogP) is -2.38.